The van der Waals surface area contributed by atoms with Crippen molar-refractivity contribution in [1.82, 2.24) is 10.6 Å². The van der Waals surface area contributed by atoms with Crippen LogP contribution in [0.25, 0.3) is 0 Å². The molecule has 98 valence electrons. The van der Waals surface area contributed by atoms with Gasteiger partial charge in [0, 0.05) is 12.6 Å². The van der Waals surface area contributed by atoms with Gasteiger partial charge in [-0.1, -0.05) is 13.3 Å². The third kappa shape index (κ3) is 4.72. The number of sulfone groups is 1. The summed E-state index contributed by atoms with van der Waals surface area (Å²) < 4.78 is 22.3. The van der Waals surface area contributed by atoms with Gasteiger partial charge < -0.3 is 10.6 Å². The quantitative estimate of drug-likeness (QED) is 0.513. The molecule has 0 aliphatic carbocycles. The van der Waals surface area contributed by atoms with Gasteiger partial charge >= 0.3 is 11.8 Å². The summed E-state index contributed by atoms with van der Waals surface area (Å²) >= 11 is 0. The van der Waals surface area contributed by atoms with E-state index in [0.29, 0.717) is 13.0 Å². The van der Waals surface area contributed by atoms with Crippen LogP contribution in [0.5, 0.6) is 0 Å². The summed E-state index contributed by atoms with van der Waals surface area (Å²) in [6.45, 7) is 2.45. The van der Waals surface area contributed by atoms with Crippen molar-refractivity contribution in [1.29, 1.82) is 0 Å². The maximum atomic E-state index is 11.4. The zero-order chi connectivity index (χ0) is 12.9. The molecule has 0 radical (unpaired) electrons. The van der Waals surface area contributed by atoms with Crippen molar-refractivity contribution < 1.29 is 18.0 Å². The Morgan fingerprint density at radius 2 is 2.00 bits per heavy atom. The molecule has 1 fully saturated rings. The molecule has 1 unspecified atom stereocenters. The average molecular weight is 262 g/mol. The van der Waals surface area contributed by atoms with Crippen LogP contribution in [0, 0.1) is 0 Å². The summed E-state index contributed by atoms with van der Waals surface area (Å²) in [6, 6.07) is -0.426. The van der Waals surface area contributed by atoms with Gasteiger partial charge in [0.2, 0.25) is 0 Å². The van der Waals surface area contributed by atoms with Crippen molar-refractivity contribution in [2.75, 3.05) is 18.1 Å². The van der Waals surface area contributed by atoms with Crippen LogP contribution >= 0.6 is 0 Å². The van der Waals surface area contributed by atoms with Gasteiger partial charge in [-0.15, -0.1) is 0 Å². The Bertz CT molecular complexity index is 391. The molecule has 0 aromatic carbocycles. The molecule has 0 saturated carbocycles. The largest absolute Gasteiger partial charge is 0.348 e. The second-order valence-corrected chi connectivity index (χ2v) is 6.41. The number of rotatable bonds is 4. The van der Waals surface area contributed by atoms with E-state index in [-0.39, 0.29) is 11.5 Å². The summed E-state index contributed by atoms with van der Waals surface area (Å²) in [5, 5.41) is 4.91. The summed E-state index contributed by atoms with van der Waals surface area (Å²) in [5.41, 5.74) is 0. The van der Waals surface area contributed by atoms with Gasteiger partial charge in [-0.25, -0.2) is 8.42 Å². The van der Waals surface area contributed by atoms with Crippen molar-refractivity contribution in [3.63, 3.8) is 0 Å². The van der Waals surface area contributed by atoms with Crippen molar-refractivity contribution in [3.8, 4) is 0 Å². The van der Waals surface area contributed by atoms with Crippen molar-refractivity contribution in [3.05, 3.63) is 0 Å². The molecule has 6 nitrogen and oxygen atoms in total. The Kier molecular flexibility index (Phi) is 4.92. The molecule has 1 saturated heterocycles. The van der Waals surface area contributed by atoms with E-state index in [2.05, 4.69) is 10.6 Å². The first-order valence-electron chi connectivity index (χ1n) is 5.73. The Hall–Kier alpha value is -1.11. The Balaban J connectivity index is 2.32. The molecule has 1 atom stereocenters. The van der Waals surface area contributed by atoms with E-state index in [4.69, 9.17) is 0 Å². The minimum atomic E-state index is -3.03. The molecule has 1 heterocycles. The normalized spacial score (nSPS) is 22.1. The van der Waals surface area contributed by atoms with Gasteiger partial charge in [-0.2, -0.15) is 0 Å². The highest BCUT2D eigenvalue weighted by atomic mass is 32.2. The van der Waals surface area contributed by atoms with E-state index < -0.39 is 27.7 Å². The third-order valence-corrected chi connectivity index (χ3v) is 4.36. The fourth-order valence-corrected chi connectivity index (χ4v) is 3.29. The molecule has 1 aliphatic rings. The number of carbonyl (C=O) groups is 2. The summed E-state index contributed by atoms with van der Waals surface area (Å²) in [5.74, 6) is -1.43. The van der Waals surface area contributed by atoms with Gasteiger partial charge in [-0.05, 0) is 12.8 Å². The van der Waals surface area contributed by atoms with E-state index in [1.807, 2.05) is 6.92 Å². The molecular weight excluding hydrogens is 244 g/mol. The predicted molar refractivity (Wildman–Crippen MR) is 63.1 cm³/mol. The Morgan fingerprint density at radius 1 is 1.29 bits per heavy atom. The molecule has 7 heteroatoms. The van der Waals surface area contributed by atoms with Gasteiger partial charge in [0.15, 0.2) is 9.84 Å². The number of amides is 2. The number of carbonyl (C=O) groups excluding carboxylic acids is 2. The van der Waals surface area contributed by atoms with Gasteiger partial charge in [-0.3, -0.25) is 9.59 Å². The molecular formula is C10H18N2O4S. The van der Waals surface area contributed by atoms with E-state index in [1.54, 1.807) is 0 Å². The molecule has 2 N–H and O–H groups in total. The summed E-state index contributed by atoms with van der Waals surface area (Å²) in [7, 11) is -3.03. The third-order valence-electron chi connectivity index (χ3n) is 2.59. The Labute approximate surface area is 101 Å². The molecule has 0 aromatic heterocycles. The highest BCUT2D eigenvalue weighted by molar-refractivity contribution is 7.91. The summed E-state index contributed by atoms with van der Waals surface area (Å²) in [4.78, 5) is 22.7. The lowest BCUT2D eigenvalue weighted by Crippen LogP contribution is -2.45. The van der Waals surface area contributed by atoms with Gasteiger partial charge in [0.25, 0.3) is 0 Å². The molecule has 1 rings (SSSR count). The first-order chi connectivity index (χ1) is 7.94. The van der Waals surface area contributed by atoms with Crippen molar-refractivity contribution in [2.45, 2.75) is 32.2 Å². The zero-order valence-corrected chi connectivity index (χ0v) is 10.7. The number of unbranched alkanes of at least 4 members (excludes halogenated alkanes) is 1. The van der Waals surface area contributed by atoms with Crippen LogP contribution in [0.3, 0.4) is 0 Å². The topological polar surface area (TPSA) is 92.3 Å². The maximum Gasteiger partial charge on any atom is 0.309 e. The van der Waals surface area contributed by atoms with Crippen LogP contribution in [-0.2, 0) is 19.4 Å². The van der Waals surface area contributed by atoms with E-state index in [1.165, 1.54) is 0 Å². The lowest BCUT2D eigenvalue weighted by atomic mass is 10.2. The van der Waals surface area contributed by atoms with Crippen molar-refractivity contribution in [2.24, 2.45) is 0 Å². The minimum absolute atomic E-state index is 0.0685. The zero-order valence-electron chi connectivity index (χ0n) is 9.86. The molecule has 0 bridgehead atoms. The van der Waals surface area contributed by atoms with Gasteiger partial charge in [0.05, 0.1) is 11.5 Å². The van der Waals surface area contributed by atoms with Crippen LogP contribution in [0.15, 0.2) is 0 Å². The standard InChI is InChI=1S/C10H18N2O4S/c1-2-3-5-11-9(13)10(14)12-8-4-6-17(15,16)7-8/h8H,2-7H2,1H3,(H,11,13)(H,12,14). The highest BCUT2D eigenvalue weighted by Crippen LogP contribution is 2.10. The fraction of sp³-hybridized carbons (Fsp3) is 0.800. The lowest BCUT2D eigenvalue weighted by molar-refractivity contribution is -0.139. The van der Waals surface area contributed by atoms with Crippen LogP contribution in [-0.4, -0.2) is 44.3 Å². The average Bonchev–Trinajstić information content (AvgIpc) is 2.58. The van der Waals surface area contributed by atoms with Crippen LogP contribution < -0.4 is 10.6 Å². The minimum Gasteiger partial charge on any atom is -0.348 e. The number of nitrogens with one attached hydrogen (secondary N) is 2. The molecule has 0 spiro atoms. The molecule has 0 aromatic rings. The van der Waals surface area contributed by atoms with Crippen LogP contribution in [0.4, 0.5) is 0 Å². The maximum absolute atomic E-state index is 11.4. The second kappa shape index (κ2) is 6.00. The fourth-order valence-electron chi connectivity index (χ4n) is 1.62. The monoisotopic (exact) mass is 262 g/mol. The second-order valence-electron chi connectivity index (χ2n) is 4.18. The molecule has 17 heavy (non-hydrogen) atoms. The van der Waals surface area contributed by atoms with Crippen LogP contribution in [0.1, 0.15) is 26.2 Å². The molecule has 2 amide bonds. The highest BCUT2D eigenvalue weighted by Gasteiger charge is 2.30. The van der Waals surface area contributed by atoms with Crippen LogP contribution in [0.2, 0.25) is 0 Å². The molecule has 1 aliphatic heterocycles. The van der Waals surface area contributed by atoms with E-state index in [0.717, 1.165) is 12.8 Å². The van der Waals surface area contributed by atoms with E-state index >= 15 is 0 Å². The Morgan fingerprint density at radius 3 is 2.53 bits per heavy atom. The number of hydrogen-bond donors (Lipinski definition) is 2. The summed E-state index contributed by atoms with van der Waals surface area (Å²) in [6.07, 6.45) is 2.13. The smallest absolute Gasteiger partial charge is 0.309 e. The van der Waals surface area contributed by atoms with E-state index in [9.17, 15) is 18.0 Å². The predicted octanol–water partition coefficient (Wildman–Crippen LogP) is -0.794. The first kappa shape index (κ1) is 14.0. The van der Waals surface area contributed by atoms with Crippen molar-refractivity contribution >= 4 is 21.7 Å². The lowest BCUT2D eigenvalue weighted by Gasteiger charge is -2.10. The number of hydrogen-bond acceptors (Lipinski definition) is 4. The SMILES string of the molecule is CCCCNC(=O)C(=O)NC1CCS(=O)(=O)C1. The van der Waals surface area contributed by atoms with Gasteiger partial charge in [0.1, 0.15) is 0 Å². The first-order valence-corrected chi connectivity index (χ1v) is 7.56.